The van der Waals surface area contributed by atoms with Gasteiger partial charge in [-0.25, -0.2) is 4.98 Å². The second-order valence-electron chi connectivity index (χ2n) is 6.75. The highest BCUT2D eigenvalue weighted by Crippen LogP contribution is 2.30. The standard InChI is InChI=1S/C20H23F3N6OS.CH4/c1-31-18-14(11-25)17(28-19(26)29-18)27-15(7-2-3-8-24)16(30)10-12-5-4-6-13(9-12)20(21,22)23;/h4-6,9,15H,2-3,7-8,10,24H2,1H3,(H3,26,27,28,29);1H4/t15-;/m1./s1. The third-order valence-electron chi connectivity index (χ3n) is 4.48. The molecule has 0 unspecified atom stereocenters. The van der Waals surface area contributed by atoms with Crippen molar-refractivity contribution in [2.45, 2.75) is 50.4 Å². The number of hydrogen-bond donors (Lipinski definition) is 3. The Morgan fingerprint density at radius 1 is 1.31 bits per heavy atom. The van der Waals surface area contributed by atoms with Crippen molar-refractivity contribution in [3.63, 3.8) is 0 Å². The van der Waals surface area contributed by atoms with Gasteiger partial charge in [0.25, 0.3) is 0 Å². The van der Waals surface area contributed by atoms with Gasteiger partial charge in [0.1, 0.15) is 16.7 Å². The molecule has 2 aromatic rings. The predicted molar refractivity (Wildman–Crippen MR) is 120 cm³/mol. The molecule has 0 aliphatic rings. The average Bonchev–Trinajstić information content (AvgIpc) is 2.72. The molecule has 11 heteroatoms. The zero-order valence-electron chi connectivity index (χ0n) is 16.9. The van der Waals surface area contributed by atoms with E-state index in [9.17, 15) is 23.2 Å². The number of nitriles is 1. The molecule has 0 aliphatic heterocycles. The van der Waals surface area contributed by atoms with Crippen LogP contribution in [-0.2, 0) is 17.4 Å². The van der Waals surface area contributed by atoms with E-state index in [4.69, 9.17) is 11.5 Å². The van der Waals surface area contributed by atoms with Gasteiger partial charge < -0.3 is 16.8 Å². The number of nitrogens with two attached hydrogens (primary N) is 2. The van der Waals surface area contributed by atoms with E-state index in [0.29, 0.717) is 30.8 Å². The molecule has 174 valence electrons. The summed E-state index contributed by atoms with van der Waals surface area (Å²) in [6.45, 7) is 0.440. The lowest BCUT2D eigenvalue weighted by Gasteiger charge is -2.20. The van der Waals surface area contributed by atoms with Crippen molar-refractivity contribution in [2.75, 3.05) is 23.9 Å². The molecule has 1 aromatic heterocycles. The van der Waals surface area contributed by atoms with Crippen LogP contribution in [0.15, 0.2) is 29.3 Å². The molecule has 0 radical (unpaired) electrons. The zero-order chi connectivity index (χ0) is 23.0. The van der Waals surface area contributed by atoms with Gasteiger partial charge in [0.2, 0.25) is 5.95 Å². The molecular weight excluding hydrogens is 441 g/mol. The lowest BCUT2D eigenvalue weighted by Crippen LogP contribution is -2.32. The number of unbranched alkanes of at least 4 members (excludes halogenated alkanes) is 1. The second-order valence-corrected chi connectivity index (χ2v) is 7.54. The van der Waals surface area contributed by atoms with Crippen LogP contribution < -0.4 is 16.8 Å². The summed E-state index contributed by atoms with van der Waals surface area (Å²) in [5.41, 5.74) is 10.8. The number of thioether (sulfide) groups is 1. The van der Waals surface area contributed by atoms with Crippen molar-refractivity contribution in [1.82, 2.24) is 9.97 Å². The second kappa shape index (κ2) is 12.3. The normalized spacial score (nSPS) is 11.9. The van der Waals surface area contributed by atoms with Crippen molar-refractivity contribution < 1.29 is 18.0 Å². The van der Waals surface area contributed by atoms with E-state index in [-0.39, 0.29) is 42.5 Å². The highest BCUT2D eigenvalue weighted by atomic mass is 32.2. The van der Waals surface area contributed by atoms with Gasteiger partial charge in [0, 0.05) is 6.42 Å². The number of alkyl halides is 3. The summed E-state index contributed by atoms with van der Waals surface area (Å²) in [6.07, 6.45) is -1.32. The van der Waals surface area contributed by atoms with Gasteiger partial charge in [-0.3, -0.25) is 4.79 Å². The minimum absolute atomic E-state index is 0. The first-order valence-corrected chi connectivity index (χ1v) is 10.7. The third kappa shape index (κ3) is 7.39. The summed E-state index contributed by atoms with van der Waals surface area (Å²) >= 11 is 1.21. The van der Waals surface area contributed by atoms with E-state index in [2.05, 4.69) is 15.3 Å². The molecule has 1 heterocycles. The number of nitrogens with zero attached hydrogens (tertiary/aromatic N) is 3. The van der Waals surface area contributed by atoms with Gasteiger partial charge >= 0.3 is 6.18 Å². The molecule has 0 fully saturated rings. The molecule has 32 heavy (non-hydrogen) atoms. The van der Waals surface area contributed by atoms with E-state index in [1.54, 1.807) is 6.26 Å². The average molecular weight is 469 g/mol. The molecule has 2 rings (SSSR count). The number of carbonyl (C=O) groups is 1. The number of halogens is 3. The number of nitrogens with one attached hydrogen (secondary N) is 1. The van der Waals surface area contributed by atoms with Crippen LogP contribution in [0.25, 0.3) is 0 Å². The van der Waals surface area contributed by atoms with Crippen molar-refractivity contribution in [2.24, 2.45) is 5.73 Å². The Morgan fingerprint density at radius 2 is 2.03 bits per heavy atom. The smallest absolute Gasteiger partial charge is 0.368 e. The molecule has 0 bridgehead atoms. The summed E-state index contributed by atoms with van der Waals surface area (Å²) in [5.74, 6) is -0.269. The monoisotopic (exact) mass is 468 g/mol. The Kier molecular flexibility index (Phi) is 10.4. The van der Waals surface area contributed by atoms with Crippen LogP contribution in [0, 0.1) is 11.3 Å². The molecule has 0 aliphatic carbocycles. The Bertz CT molecular complexity index is 962. The van der Waals surface area contributed by atoms with E-state index in [0.717, 1.165) is 12.1 Å². The topological polar surface area (TPSA) is 131 Å². The highest BCUT2D eigenvalue weighted by Gasteiger charge is 2.31. The van der Waals surface area contributed by atoms with Crippen LogP contribution in [0.1, 0.15) is 43.4 Å². The molecule has 7 nitrogen and oxygen atoms in total. The quantitative estimate of drug-likeness (QED) is 0.271. The van der Waals surface area contributed by atoms with Crippen LogP contribution in [0.5, 0.6) is 0 Å². The maximum absolute atomic E-state index is 13.0. The SMILES string of the molecule is C.CSc1nc(N)nc(N[C@H](CCCCN)C(=O)Cc2cccc(C(F)(F)F)c2)c1C#N. The van der Waals surface area contributed by atoms with Gasteiger partial charge in [-0.2, -0.15) is 23.4 Å². The predicted octanol–water partition coefficient (Wildman–Crippen LogP) is 4.03. The first-order valence-electron chi connectivity index (χ1n) is 9.46. The van der Waals surface area contributed by atoms with Crippen LogP contribution in [0.3, 0.4) is 0 Å². The number of ketones is 1. The Hall–Kier alpha value is -2.84. The molecular formula is C21H27F3N6OS. The lowest BCUT2D eigenvalue weighted by molar-refractivity contribution is -0.137. The first-order chi connectivity index (χ1) is 14.7. The van der Waals surface area contributed by atoms with E-state index in [1.165, 1.54) is 23.9 Å². The maximum Gasteiger partial charge on any atom is 0.416 e. The lowest BCUT2D eigenvalue weighted by atomic mass is 9.98. The minimum atomic E-state index is -4.49. The molecule has 0 amide bonds. The fraction of sp³-hybridized carbons (Fsp3) is 0.429. The largest absolute Gasteiger partial charge is 0.416 e. The van der Waals surface area contributed by atoms with Crippen molar-refractivity contribution in [1.29, 1.82) is 5.26 Å². The summed E-state index contributed by atoms with van der Waals surface area (Å²) in [6, 6.07) is 5.89. The van der Waals surface area contributed by atoms with Crippen LogP contribution >= 0.6 is 11.8 Å². The summed E-state index contributed by atoms with van der Waals surface area (Å²) < 4.78 is 38.9. The fourth-order valence-corrected chi connectivity index (χ4v) is 3.49. The van der Waals surface area contributed by atoms with E-state index >= 15 is 0 Å². The summed E-state index contributed by atoms with van der Waals surface area (Å²) in [7, 11) is 0. The first kappa shape index (κ1) is 27.2. The van der Waals surface area contributed by atoms with Crippen molar-refractivity contribution >= 4 is 29.3 Å². The number of benzene rings is 1. The zero-order valence-corrected chi connectivity index (χ0v) is 17.7. The molecule has 1 aromatic carbocycles. The number of Topliss-reactive ketones (excluding diaryl/α,β-unsaturated/α-hetero) is 1. The highest BCUT2D eigenvalue weighted by molar-refractivity contribution is 7.98. The summed E-state index contributed by atoms with van der Waals surface area (Å²) in [4.78, 5) is 21.0. The van der Waals surface area contributed by atoms with Crippen LogP contribution in [0.2, 0.25) is 0 Å². The molecule has 0 saturated carbocycles. The van der Waals surface area contributed by atoms with Crippen molar-refractivity contribution in [3.8, 4) is 6.07 Å². The number of rotatable bonds is 10. The number of nitrogen functional groups attached to an aromatic ring is 1. The summed E-state index contributed by atoms with van der Waals surface area (Å²) in [5, 5.41) is 12.8. The number of aromatic nitrogens is 2. The van der Waals surface area contributed by atoms with Gasteiger partial charge in [-0.15, -0.1) is 11.8 Å². The Morgan fingerprint density at radius 3 is 2.62 bits per heavy atom. The molecule has 1 atom stereocenters. The van der Waals surface area contributed by atoms with E-state index < -0.39 is 17.8 Å². The maximum atomic E-state index is 13.0. The number of carbonyl (C=O) groups excluding carboxylic acids is 1. The Labute approximate surface area is 189 Å². The Balaban J connectivity index is 0.00000512. The molecule has 0 spiro atoms. The molecule has 0 saturated heterocycles. The van der Waals surface area contributed by atoms with Gasteiger partial charge in [0.15, 0.2) is 11.6 Å². The number of anilines is 2. The van der Waals surface area contributed by atoms with E-state index in [1.807, 2.05) is 6.07 Å². The fourth-order valence-electron chi connectivity index (χ4n) is 2.96. The van der Waals surface area contributed by atoms with Crippen LogP contribution in [-0.4, -0.2) is 34.6 Å². The van der Waals surface area contributed by atoms with Gasteiger partial charge in [-0.05, 0) is 43.7 Å². The van der Waals surface area contributed by atoms with Gasteiger partial charge in [0.05, 0.1) is 11.6 Å². The number of hydrogen-bond acceptors (Lipinski definition) is 8. The van der Waals surface area contributed by atoms with Crippen LogP contribution in [0.4, 0.5) is 24.9 Å². The van der Waals surface area contributed by atoms with Crippen molar-refractivity contribution in [3.05, 3.63) is 41.0 Å². The minimum Gasteiger partial charge on any atom is -0.368 e. The van der Waals surface area contributed by atoms with Gasteiger partial charge in [-0.1, -0.05) is 25.6 Å². The molecule has 5 N–H and O–H groups in total. The third-order valence-corrected chi connectivity index (χ3v) is 5.16.